The van der Waals surface area contributed by atoms with Crippen molar-refractivity contribution in [2.45, 2.75) is 18.9 Å². The van der Waals surface area contributed by atoms with Crippen LogP contribution < -0.4 is 5.32 Å². The maximum absolute atomic E-state index is 6.37. The summed E-state index contributed by atoms with van der Waals surface area (Å²) in [6.45, 7) is 0. The highest BCUT2D eigenvalue weighted by Crippen LogP contribution is 2.44. The second-order valence-electron chi connectivity index (χ2n) is 5.59. The maximum Gasteiger partial charge on any atom is 0.0992 e. The van der Waals surface area contributed by atoms with E-state index in [4.69, 9.17) is 11.6 Å². The van der Waals surface area contributed by atoms with Gasteiger partial charge in [0.05, 0.1) is 22.7 Å². The Balaban J connectivity index is 1.65. The van der Waals surface area contributed by atoms with E-state index in [2.05, 4.69) is 28.5 Å². The molecular weight excluding hydrogens is 270 g/mol. The van der Waals surface area contributed by atoms with Gasteiger partial charge in [0.25, 0.3) is 0 Å². The minimum Gasteiger partial charge on any atom is -0.380 e. The summed E-state index contributed by atoms with van der Waals surface area (Å²) < 4.78 is 1.96. The lowest BCUT2D eigenvalue weighted by Crippen LogP contribution is -2.43. The molecule has 0 radical (unpaired) electrons. The first-order chi connectivity index (χ1) is 9.83. The average molecular weight is 286 g/mol. The van der Waals surface area contributed by atoms with Crippen LogP contribution in [-0.4, -0.2) is 15.6 Å². The van der Waals surface area contributed by atoms with Crippen LogP contribution in [0.5, 0.6) is 0 Å². The van der Waals surface area contributed by atoms with Gasteiger partial charge in [-0.05, 0) is 30.9 Å². The highest BCUT2D eigenvalue weighted by atomic mass is 35.5. The Morgan fingerprint density at radius 3 is 3.10 bits per heavy atom. The number of benzene rings is 1. The maximum atomic E-state index is 6.37. The monoisotopic (exact) mass is 285 g/mol. The summed E-state index contributed by atoms with van der Waals surface area (Å²) in [5.41, 5.74) is 2.07. The van der Waals surface area contributed by atoms with E-state index in [9.17, 15) is 0 Å². The van der Waals surface area contributed by atoms with E-state index in [1.165, 1.54) is 12.8 Å². The first-order valence-electron chi connectivity index (χ1n) is 7.03. The number of allylic oxidation sites excluding steroid dienone is 1. The van der Waals surface area contributed by atoms with Crippen molar-refractivity contribution in [1.29, 1.82) is 0 Å². The normalized spacial score (nSPS) is 27.1. The SMILES string of the molecule is Clc1cccc(NC2CC3CC=CC32)c1-n1ccnc1. The van der Waals surface area contributed by atoms with Crippen LogP contribution in [0.1, 0.15) is 12.8 Å². The number of aromatic nitrogens is 2. The van der Waals surface area contributed by atoms with Gasteiger partial charge < -0.3 is 9.88 Å². The molecule has 1 heterocycles. The number of para-hydroxylation sites is 1. The molecule has 2 aromatic rings. The van der Waals surface area contributed by atoms with Gasteiger partial charge in [0, 0.05) is 24.4 Å². The Bertz CT molecular complexity index is 648. The predicted octanol–water partition coefficient (Wildman–Crippen LogP) is 3.90. The predicted molar refractivity (Wildman–Crippen MR) is 81.3 cm³/mol. The van der Waals surface area contributed by atoms with Gasteiger partial charge in [-0.3, -0.25) is 0 Å². The van der Waals surface area contributed by atoms with Crippen LogP contribution in [0.2, 0.25) is 5.02 Å². The minimum atomic E-state index is 0.527. The molecule has 2 aliphatic carbocycles. The molecule has 0 amide bonds. The van der Waals surface area contributed by atoms with Crippen molar-refractivity contribution in [1.82, 2.24) is 9.55 Å². The van der Waals surface area contributed by atoms with Crippen LogP contribution in [0, 0.1) is 11.8 Å². The van der Waals surface area contributed by atoms with Gasteiger partial charge in [0.1, 0.15) is 0 Å². The molecule has 1 N–H and O–H groups in total. The number of imidazole rings is 1. The van der Waals surface area contributed by atoms with Crippen LogP contribution in [0.4, 0.5) is 5.69 Å². The topological polar surface area (TPSA) is 29.9 Å². The van der Waals surface area contributed by atoms with Crippen molar-refractivity contribution in [2.24, 2.45) is 11.8 Å². The fourth-order valence-electron chi connectivity index (χ4n) is 3.37. The number of nitrogens with one attached hydrogen (secondary N) is 1. The average Bonchev–Trinajstić information content (AvgIpc) is 3.05. The van der Waals surface area contributed by atoms with Crippen molar-refractivity contribution in [3.63, 3.8) is 0 Å². The molecular formula is C16H16ClN3. The molecule has 3 unspecified atom stereocenters. The third-order valence-electron chi connectivity index (χ3n) is 4.45. The van der Waals surface area contributed by atoms with Crippen molar-refractivity contribution in [2.75, 3.05) is 5.32 Å². The summed E-state index contributed by atoms with van der Waals surface area (Å²) in [6, 6.07) is 6.53. The molecule has 4 heteroatoms. The highest BCUT2D eigenvalue weighted by molar-refractivity contribution is 6.33. The lowest BCUT2D eigenvalue weighted by Gasteiger charge is -2.41. The van der Waals surface area contributed by atoms with Gasteiger partial charge >= 0.3 is 0 Å². The van der Waals surface area contributed by atoms with Gasteiger partial charge in [-0.2, -0.15) is 0 Å². The molecule has 1 aromatic carbocycles. The molecule has 3 nitrogen and oxygen atoms in total. The zero-order valence-corrected chi connectivity index (χ0v) is 11.8. The molecule has 4 rings (SSSR count). The number of nitrogens with zero attached hydrogens (tertiary/aromatic N) is 2. The zero-order chi connectivity index (χ0) is 13.5. The molecule has 102 valence electrons. The van der Waals surface area contributed by atoms with E-state index in [0.717, 1.165) is 22.3 Å². The van der Waals surface area contributed by atoms with Crippen LogP contribution in [0.15, 0.2) is 49.1 Å². The Hall–Kier alpha value is -1.74. The Morgan fingerprint density at radius 2 is 2.30 bits per heavy atom. The van der Waals surface area contributed by atoms with Crippen molar-refractivity contribution in [3.8, 4) is 5.69 Å². The van der Waals surface area contributed by atoms with E-state index >= 15 is 0 Å². The summed E-state index contributed by atoms with van der Waals surface area (Å²) in [5, 5.41) is 4.40. The second-order valence-corrected chi connectivity index (χ2v) is 6.00. The van der Waals surface area contributed by atoms with Crippen LogP contribution in [-0.2, 0) is 0 Å². The Kier molecular flexibility index (Phi) is 2.81. The van der Waals surface area contributed by atoms with Crippen molar-refractivity contribution >= 4 is 17.3 Å². The fourth-order valence-corrected chi connectivity index (χ4v) is 3.64. The van der Waals surface area contributed by atoms with Crippen molar-refractivity contribution in [3.05, 3.63) is 54.1 Å². The molecule has 0 saturated heterocycles. The number of fused-ring (bicyclic) bond motifs is 1. The largest absolute Gasteiger partial charge is 0.380 e. The molecule has 1 saturated carbocycles. The number of anilines is 1. The molecule has 0 aliphatic heterocycles. The first kappa shape index (κ1) is 12.0. The van der Waals surface area contributed by atoms with Gasteiger partial charge in [-0.15, -0.1) is 0 Å². The Morgan fingerprint density at radius 1 is 1.35 bits per heavy atom. The van der Waals surface area contributed by atoms with Crippen LogP contribution >= 0.6 is 11.6 Å². The molecule has 20 heavy (non-hydrogen) atoms. The van der Waals surface area contributed by atoms with Gasteiger partial charge in [0.2, 0.25) is 0 Å². The number of hydrogen-bond acceptors (Lipinski definition) is 2. The molecule has 1 aromatic heterocycles. The van der Waals surface area contributed by atoms with Gasteiger partial charge in [-0.25, -0.2) is 4.98 Å². The lowest BCUT2D eigenvalue weighted by atomic mass is 9.71. The minimum absolute atomic E-state index is 0.527. The second kappa shape index (κ2) is 4.67. The smallest absolute Gasteiger partial charge is 0.0992 e. The van der Waals surface area contributed by atoms with E-state index in [1.54, 1.807) is 12.5 Å². The molecule has 2 aliphatic rings. The van der Waals surface area contributed by atoms with Gasteiger partial charge in [0.15, 0.2) is 0 Å². The Labute approximate surface area is 123 Å². The quantitative estimate of drug-likeness (QED) is 0.867. The highest BCUT2D eigenvalue weighted by Gasteiger charge is 2.41. The van der Waals surface area contributed by atoms with Crippen molar-refractivity contribution < 1.29 is 0 Å². The lowest BCUT2D eigenvalue weighted by molar-refractivity contribution is 0.218. The van der Waals surface area contributed by atoms with Gasteiger partial charge in [-0.1, -0.05) is 29.8 Å². The summed E-state index contributed by atoms with van der Waals surface area (Å²) >= 11 is 6.37. The zero-order valence-electron chi connectivity index (χ0n) is 11.0. The number of rotatable bonds is 3. The number of hydrogen-bond donors (Lipinski definition) is 1. The molecule has 0 bridgehead atoms. The van der Waals surface area contributed by atoms with E-state index in [-0.39, 0.29) is 0 Å². The summed E-state index contributed by atoms with van der Waals surface area (Å²) in [7, 11) is 0. The third kappa shape index (κ3) is 1.85. The molecule has 0 spiro atoms. The first-order valence-corrected chi connectivity index (χ1v) is 7.41. The number of halogens is 1. The summed E-state index contributed by atoms with van der Waals surface area (Å²) in [5.74, 6) is 1.54. The molecule has 3 atom stereocenters. The third-order valence-corrected chi connectivity index (χ3v) is 4.76. The van der Waals surface area contributed by atoms with E-state index in [1.807, 2.05) is 22.9 Å². The standard InChI is InChI=1S/C16H16ClN3/c17-13-5-2-6-14(16(13)20-8-7-18-10-20)19-15-9-11-3-1-4-12(11)15/h1-2,4-8,10-12,15,19H,3,9H2. The van der Waals surface area contributed by atoms with Crippen LogP contribution in [0.3, 0.4) is 0 Å². The fraction of sp³-hybridized carbons (Fsp3) is 0.312. The molecule has 1 fully saturated rings. The van der Waals surface area contributed by atoms with E-state index in [0.29, 0.717) is 12.0 Å². The van der Waals surface area contributed by atoms with E-state index < -0.39 is 0 Å². The van der Waals surface area contributed by atoms with Crippen LogP contribution in [0.25, 0.3) is 5.69 Å². The summed E-state index contributed by atoms with van der Waals surface area (Å²) in [6.07, 6.45) is 12.6. The summed E-state index contributed by atoms with van der Waals surface area (Å²) in [4.78, 5) is 4.11.